The van der Waals surface area contributed by atoms with Crippen LogP contribution >= 0.6 is 0 Å². The number of Topliss-reactive ketones (excluding diaryl/α,β-unsaturated/α-hetero) is 3. The van der Waals surface area contributed by atoms with Gasteiger partial charge in [0, 0.05) is 19.3 Å². The van der Waals surface area contributed by atoms with Crippen molar-refractivity contribution in [1.29, 1.82) is 0 Å². The monoisotopic (exact) mass is 861 g/mol. The molecule has 0 aliphatic rings. The summed E-state index contributed by atoms with van der Waals surface area (Å²) in [6, 6.07) is 0. The SMILES string of the molecule is CCCCCCCCC=CCCCCCCCC(=O)C(O)(C(=O)CCCCCCCCCCCCCCCCC)C(O)(CO)C(=O)CCCCCCCCCCCCCCC. The van der Waals surface area contributed by atoms with Gasteiger partial charge in [-0.3, -0.25) is 14.4 Å². The Hall–Kier alpha value is -1.37. The number of aliphatic hydroxyl groups is 3. The molecule has 6 heteroatoms. The van der Waals surface area contributed by atoms with Crippen molar-refractivity contribution >= 4 is 17.3 Å². The van der Waals surface area contributed by atoms with Gasteiger partial charge in [-0.2, -0.15) is 0 Å². The molecule has 0 aliphatic heterocycles. The van der Waals surface area contributed by atoms with Gasteiger partial charge in [-0.25, -0.2) is 0 Å². The molecule has 0 aromatic heterocycles. The molecule has 0 aromatic rings. The van der Waals surface area contributed by atoms with E-state index >= 15 is 0 Å². The molecule has 0 amide bonds. The van der Waals surface area contributed by atoms with Gasteiger partial charge in [-0.05, 0) is 44.9 Å². The van der Waals surface area contributed by atoms with Gasteiger partial charge in [0.1, 0.15) is 0 Å². The minimum absolute atomic E-state index is 0.0793. The lowest BCUT2D eigenvalue weighted by atomic mass is 9.71. The quantitative estimate of drug-likeness (QED) is 0.0319. The molecule has 2 unspecified atom stereocenters. The van der Waals surface area contributed by atoms with Gasteiger partial charge < -0.3 is 15.3 Å². The second-order valence-corrected chi connectivity index (χ2v) is 19.0. The summed E-state index contributed by atoms with van der Waals surface area (Å²) in [5.41, 5.74) is -5.75. The van der Waals surface area contributed by atoms with Gasteiger partial charge in [-0.15, -0.1) is 0 Å². The molecule has 0 radical (unpaired) electrons. The predicted molar refractivity (Wildman–Crippen MR) is 261 cm³/mol. The van der Waals surface area contributed by atoms with Crippen molar-refractivity contribution in [2.24, 2.45) is 0 Å². The van der Waals surface area contributed by atoms with E-state index in [4.69, 9.17) is 0 Å². The van der Waals surface area contributed by atoms with Gasteiger partial charge in [0.2, 0.25) is 5.60 Å². The number of rotatable bonds is 50. The van der Waals surface area contributed by atoms with Gasteiger partial charge in [0.25, 0.3) is 0 Å². The molecule has 0 saturated carbocycles. The predicted octanol–water partition coefficient (Wildman–Crippen LogP) is 15.9. The first-order valence-electron chi connectivity index (χ1n) is 27.1. The molecule has 0 aromatic carbocycles. The number of unbranched alkanes of at least 4 members (excludes halogenated alkanes) is 37. The molecule has 360 valence electrons. The number of aliphatic hydroxyl groups excluding tert-OH is 1. The van der Waals surface area contributed by atoms with E-state index in [0.29, 0.717) is 19.3 Å². The summed E-state index contributed by atoms with van der Waals surface area (Å²) in [6.45, 7) is 5.60. The molecule has 61 heavy (non-hydrogen) atoms. The molecule has 0 fully saturated rings. The van der Waals surface area contributed by atoms with E-state index in [9.17, 15) is 29.7 Å². The van der Waals surface area contributed by atoms with Gasteiger partial charge in [-0.1, -0.05) is 251 Å². The van der Waals surface area contributed by atoms with E-state index in [-0.39, 0.29) is 19.3 Å². The van der Waals surface area contributed by atoms with Crippen molar-refractivity contribution in [2.45, 2.75) is 314 Å². The fourth-order valence-corrected chi connectivity index (χ4v) is 8.91. The van der Waals surface area contributed by atoms with E-state index in [1.54, 1.807) is 0 Å². The summed E-state index contributed by atoms with van der Waals surface area (Å²) in [5, 5.41) is 34.1. The summed E-state index contributed by atoms with van der Waals surface area (Å²) >= 11 is 0. The van der Waals surface area contributed by atoms with Crippen LogP contribution in [0.15, 0.2) is 12.2 Å². The lowest BCUT2D eigenvalue weighted by Crippen LogP contribution is -2.69. The molecule has 0 rings (SSSR count). The first-order chi connectivity index (χ1) is 29.8. The van der Waals surface area contributed by atoms with Crippen LogP contribution < -0.4 is 0 Å². The Labute approximate surface area is 379 Å². The molecule has 0 bridgehead atoms. The highest BCUT2D eigenvalue weighted by atomic mass is 16.4. The molecule has 6 nitrogen and oxygen atoms in total. The number of allylic oxidation sites excluding steroid dienone is 2. The Morgan fingerprint density at radius 1 is 0.328 bits per heavy atom. The topological polar surface area (TPSA) is 112 Å². The number of ketones is 3. The van der Waals surface area contributed by atoms with E-state index in [1.807, 2.05) is 0 Å². The van der Waals surface area contributed by atoms with Gasteiger partial charge >= 0.3 is 0 Å². The van der Waals surface area contributed by atoms with E-state index in [1.165, 1.54) is 167 Å². The summed E-state index contributed by atoms with van der Waals surface area (Å²) in [4.78, 5) is 41.2. The maximum atomic E-state index is 13.8. The first-order valence-corrected chi connectivity index (χ1v) is 27.1. The Bertz CT molecular complexity index is 1020. The van der Waals surface area contributed by atoms with Crippen LogP contribution in [0.5, 0.6) is 0 Å². The van der Waals surface area contributed by atoms with Crippen LogP contribution in [0.1, 0.15) is 303 Å². The summed E-state index contributed by atoms with van der Waals surface area (Å²) in [5.74, 6) is -2.45. The molecule has 0 heterocycles. The van der Waals surface area contributed by atoms with Crippen LogP contribution in [0.2, 0.25) is 0 Å². The average molecular weight is 861 g/mol. The first kappa shape index (κ1) is 59.6. The molecular weight excluding hydrogens is 757 g/mol. The number of hydrogen-bond donors (Lipinski definition) is 3. The van der Waals surface area contributed by atoms with Gasteiger partial charge in [0.05, 0.1) is 6.61 Å². The zero-order chi connectivity index (χ0) is 45.0. The van der Waals surface area contributed by atoms with Crippen molar-refractivity contribution in [1.82, 2.24) is 0 Å². The Balaban J connectivity index is 4.92. The summed E-state index contributed by atoms with van der Waals surface area (Å²) < 4.78 is 0. The standard InChI is InChI=1S/C55H104O6/c1-4-7-10-13-16-19-22-25-27-30-33-36-39-42-45-48-52(58)55(61,53(59)49-46-43-40-37-34-31-28-26-23-20-17-14-11-8-5-2)54(60,50-56)51(57)47-44-41-38-35-32-29-24-21-18-15-12-9-6-3/h25,27,56,60-61H,4-24,26,28-50H2,1-3H3. The summed E-state index contributed by atoms with van der Waals surface area (Å²) in [6.07, 6.45) is 51.3. The van der Waals surface area contributed by atoms with Crippen LogP contribution in [0.25, 0.3) is 0 Å². The molecular formula is C55H104O6. The third kappa shape index (κ3) is 31.2. The zero-order valence-electron chi connectivity index (χ0n) is 41.0. The van der Waals surface area contributed by atoms with Crippen LogP contribution in [0.4, 0.5) is 0 Å². The highest BCUT2D eigenvalue weighted by Crippen LogP contribution is 2.32. The number of carbonyl (C=O) groups excluding carboxylic acids is 3. The molecule has 2 atom stereocenters. The number of carbonyl (C=O) groups is 3. The Kier molecular flexibility index (Phi) is 42.9. The Morgan fingerprint density at radius 2 is 0.541 bits per heavy atom. The number of hydrogen-bond acceptors (Lipinski definition) is 6. The minimum Gasteiger partial charge on any atom is -0.393 e. The van der Waals surface area contributed by atoms with Crippen molar-refractivity contribution in [3.8, 4) is 0 Å². The minimum atomic E-state index is -2.92. The van der Waals surface area contributed by atoms with Crippen LogP contribution in [0.3, 0.4) is 0 Å². The maximum absolute atomic E-state index is 13.8. The third-order valence-electron chi connectivity index (χ3n) is 13.3. The van der Waals surface area contributed by atoms with Crippen molar-refractivity contribution in [3.05, 3.63) is 12.2 Å². The third-order valence-corrected chi connectivity index (χ3v) is 13.3. The lowest BCUT2D eigenvalue weighted by molar-refractivity contribution is -0.194. The van der Waals surface area contributed by atoms with Crippen LogP contribution in [-0.2, 0) is 14.4 Å². The molecule has 3 N–H and O–H groups in total. The second kappa shape index (κ2) is 43.9. The van der Waals surface area contributed by atoms with Crippen molar-refractivity contribution < 1.29 is 29.7 Å². The fourth-order valence-electron chi connectivity index (χ4n) is 8.91. The molecule has 0 spiro atoms. The van der Waals surface area contributed by atoms with E-state index in [0.717, 1.165) is 77.0 Å². The van der Waals surface area contributed by atoms with Crippen molar-refractivity contribution in [3.63, 3.8) is 0 Å². The summed E-state index contributed by atoms with van der Waals surface area (Å²) in [7, 11) is 0. The highest BCUT2D eigenvalue weighted by molar-refractivity contribution is 6.16. The maximum Gasteiger partial charge on any atom is 0.219 e. The zero-order valence-corrected chi connectivity index (χ0v) is 41.0. The highest BCUT2D eigenvalue weighted by Gasteiger charge is 2.62. The van der Waals surface area contributed by atoms with Crippen molar-refractivity contribution in [2.75, 3.05) is 6.61 Å². The molecule has 0 saturated heterocycles. The fraction of sp³-hybridized carbons (Fsp3) is 0.909. The van der Waals surface area contributed by atoms with Crippen LogP contribution in [-0.4, -0.2) is 50.5 Å². The van der Waals surface area contributed by atoms with E-state index < -0.39 is 35.2 Å². The van der Waals surface area contributed by atoms with E-state index in [2.05, 4.69) is 32.9 Å². The largest absolute Gasteiger partial charge is 0.393 e. The average Bonchev–Trinajstić information content (AvgIpc) is 3.26. The normalized spacial score (nSPS) is 13.8. The molecule has 0 aliphatic carbocycles. The van der Waals surface area contributed by atoms with Crippen LogP contribution in [0, 0.1) is 0 Å². The second-order valence-electron chi connectivity index (χ2n) is 19.0. The smallest absolute Gasteiger partial charge is 0.219 e. The Morgan fingerprint density at radius 3 is 0.787 bits per heavy atom. The van der Waals surface area contributed by atoms with Gasteiger partial charge in [0.15, 0.2) is 23.0 Å². The lowest BCUT2D eigenvalue weighted by Gasteiger charge is -2.39.